The summed E-state index contributed by atoms with van der Waals surface area (Å²) in [4.78, 5) is 17.8. The number of piperidine rings is 1. The molecular formula is C14H18N2O3. The van der Waals surface area contributed by atoms with Gasteiger partial charge in [0.05, 0.1) is 32.2 Å². The Kier molecular flexibility index (Phi) is 3.14. The summed E-state index contributed by atoms with van der Waals surface area (Å²) in [5.74, 6) is -0.393. The lowest BCUT2D eigenvalue weighted by atomic mass is 9.77. The van der Waals surface area contributed by atoms with Crippen molar-refractivity contribution in [2.45, 2.75) is 12.8 Å². The molecule has 0 bridgehead atoms. The van der Waals surface area contributed by atoms with Gasteiger partial charge in [0.15, 0.2) is 0 Å². The molecule has 0 aliphatic carbocycles. The maximum absolute atomic E-state index is 11.3. The zero-order valence-corrected chi connectivity index (χ0v) is 11.1. The summed E-state index contributed by atoms with van der Waals surface area (Å²) in [6.07, 6.45) is 4.10. The third kappa shape index (κ3) is 2.30. The molecule has 5 heteroatoms. The van der Waals surface area contributed by atoms with Crippen LogP contribution in [-0.4, -0.2) is 44.4 Å². The van der Waals surface area contributed by atoms with Crippen LogP contribution in [0.2, 0.25) is 0 Å². The highest BCUT2D eigenvalue weighted by molar-refractivity contribution is 5.87. The molecule has 1 aromatic heterocycles. The maximum atomic E-state index is 11.3. The van der Waals surface area contributed by atoms with Crippen molar-refractivity contribution in [1.29, 1.82) is 0 Å². The van der Waals surface area contributed by atoms with Crippen molar-refractivity contribution >= 4 is 11.7 Å². The number of esters is 1. The van der Waals surface area contributed by atoms with Gasteiger partial charge in [-0.25, -0.2) is 9.78 Å². The number of nitrogens with zero attached hydrogens (tertiary/aromatic N) is 2. The topological polar surface area (TPSA) is 51.7 Å². The smallest absolute Gasteiger partial charge is 0.356 e. The number of carbonyl (C=O) groups excluding carboxylic acids is 1. The highest BCUT2D eigenvalue weighted by Gasteiger charge is 2.41. The summed E-state index contributed by atoms with van der Waals surface area (Å²) < 4.78 is 9.97. The van der Waals surface area contributed by atoms with Gasteiger partial charge in [0.25, 0.3) is 0 Å². The Hall–Kier alpha value is -1.62. The summed E-state index contributed by atoms with van der Waals surface area (Å²) in [5.41, 5.74) is 1.87. The quantitative estimate of drug-likeness (QED) is 0.756. The van der Waals surface area contributed by atoms with Crippen molar-refractivity contribution < 1.29 is 14.3 Å². The molecule has 0 atom stereocenters. The number of anilines is 1. The van der Waals surface area contributed by atoms with Crippen LogP contribution in [0, 0.1) is 5.41 Å². The Labute approximate surface area is 112 Å². The lowest BCUT2D eigenvalue weighted by Crippen LogP contribution is -2.50. The van der Waals surface area contributed by atoms with Gasteiger partial charge in [-0.1, -0.05) is 0 Å². The van der Waals surface area contributed by atoms with E-state index in [0.717, 1.165) is 32.0 Å². The number of hydrogen-bond acceptors (Lipinski definition) is 5. The molecule has 0 aromatic carbocycles. The van der Waals surface area contributed by atoms with Crippen LogP contribution >= 0.6 is 0 Å². The highest BCUT2D eigenvalue weighted by Crippen LogP contribution is 2.39. The molecule has 19 heavy (non-hydrogen) atoms. The predicted molar refractivity (Wildman–Crippen MR) is 70.3 cm³/mol. The van der Waals surface area contributed by atoms with Crippen molar-refractivity contribution in [2.75, 3.05) is 38.3 Å². The zero-order valence-electron chi connectivity index (χ0n) is 11.1. The molecule has 1 aromatic rings. The van der Waals surface area contributed by atoms with E-state index < -0.39 is 5.97 Å². The molecule has 1 spiro atoms. The Balaban J connectivity index is 1.65. The Morgan fingerprint density at radius 3 is 2.58 bits per heavy atom. The minimum absolute atomic E-state index is 0.354. The third-order valence-electron chi connectivity index (χ3n) is 4.15. The Morgan fingerprint density at radius 1 is 1.37 bits per heavy atom. The monoisotopic (exact) mass is 262 g/mol. The van der Waals surface area contributed by atoms with Crippen LogP contribution in [0.25, 0.3) is 0 Å². The Bertz CT molecular complexity index is 458. The zero-order chi connectivity index (χ0) is 13.3. The molecule has 102 valence electrons. The average molecular weight is 262 g/mol. The first kappa shape index (κ1) is 12.4. The molecular weight excluding hydrogens is 244 g/mol. The molecule has 3 rings (SSSR count). The summed E-state index contributed by atoms with van der Waals surface area (Å²) in [6, 6.07) is 3.66. The van der Waals surface area contributed by atoms with E-state index in [9.17, 15) is 4.79 Å². The highest BCUT2D eigenvalue weighted by atomic mass is 16.5. The van der Waals surface area contributed by atoms with E-state index in [1.807, 2.05) is 6.07 Å². The van der Waals surface area contributed by atoms with E-state index in [1.54, 1.807) is 12.3 Å². The molecule has 5 nitrogen and oxygen atoms in total. The fourth-order valence-electron chi connectivity index (χ4n) is 2.72. The van der Waals surface area contributed by atoms with Crippen LogP contribution in [-0.2, 0) is 9.47 Å². The lowest BCUT2D eigenvalue weighted by molar-refractivity contribution is -0.124. The number of carbonyl (C=O) groups is 1. The summed E-state index contributed by atoms with van der Waals surface area (Å²) in [6.45, 7) is 3.89. The van der Waals surface area contributed by atoms with Crippen LogP contribution in [0.15, 0.2) is 18.3 Å². The number of methoxy groups -OCH3 is 1. The van der Waals surface area contributed by atoms with Gasteiger partial charge in [0, 0.05) is 18.5 Å². The van der Waals surface area contributed by atoms with Gasteiger partial charge in [0.1, 0.15) is 5.69 Å². The Morgan fingerprint density at radius 2 is 2.11 bits per heavy atom. The van der Waals surface area contributed by atoms with Crippen LogP contribution in [0.3, 0.4) is 0 Å². The van der Waals surface area contributed by atoms with E-state index >= 15 is 0 Å². The number of pyridine rings is 1. The van der Waals surface area contributed by atoms with Gasteiger partial charge in [-0.3, -0.25) is 0 Å². The summed E-state index contributed by atoms with van der Waals surface area (Å²) in [7, 11) is 1.36. The first-order chi connectivity index (χ1) is 9.22. The van der Waals surface area contributed by atoms with Crippen molar-refractivity contribution in [3.05, 3.63) is 24.0 Å². The third-order valence-corrected chi connectivity index (χ3v) is 4.15. The van der Waals surface area contributed by atoms with E-state index in [1.165, 1.54) is 20.0 Å². The van der Waals surface area contributed by atoms with Gasteiger partial charge in [-0.05, 0) is 25.0 Å². The maximum Gasteiger partial charge on any atom is 0.356 e. The number of aromatic nitrogens is 1. The largest absolute Gasteiger partial charge is 0.464 e. The number of hydrogen-bond donors (Lipinski definition) is 0. The van der Waals surface area contributed by atoms with Crippen LogP contribution in [0.1, 0.15) is 23.3 Å². The minimum Gasteiger partial charge on any atom is -0.464 e. The minimum atomic E-state index is -0.393. The molecule has 2 aliphatic rings. The van der Waals surface area contributed by atoms with Gasteiger partial charge in [0.2, 0.25) is 0 Å². The van der Waals surface area contributed by atoms with Crippen molar-refractivity contribution in [1.82, 2.24) is 4.98 Å². The van der Waals surface area contributed by atoms with Crippen LogP contribution < -0.4 is 4.90 Å². The van der Waals surface area contributed by atoms with E-state index in [-0.39, 0.29) is 0 Å². The fourth-order valence-corrected chi connectivity index (χ4v) is 2.72. The molecule has 2 saturated heterocycles. The van der Waals surface area contributed by atoms with E-state index in [0.29, 0.717) is 11.1 Å². The van der Waals surface area contributed by atoms with E-state index in [2.05, 4.69) is 14.6 Å². The molecule has 2 fully saturated rings. The summed E-state index contributed by atoms with van der Waals surface area (Å²) in [5, 5.41) is 0. The number of rotatable bonds is 2. The van der Waals surface area contributed by atoms with Crippen molar-refractivity contribution in [3.63, 3.8) is 0 Å². The molecule has 0 unspecified atom stereocenters. The second-order valence-corrected chi connectivity index (χ2v) is 5.37. The molecule has 0 saturated carbocycles. The normalized spacial score (nSPS) is 21.0. The number of ether oxygens (including phenoxy) is 2. The second-order valence-electron chi connectivity index (χ2n) is 5.37. The van der Waals surface area contributed by atoms with Gasteiger partial charge < -0.3 is 14.4 Å². The van der Waals surface area contributed by atoms with Gasteiger partial charge in [-0.15, -0.1) is 0 Å². The van der Waals surface area contributed by atoms with E-state index in [4.69, 9.17) is 4.74 Å². The van der Waals surface area contributed by atoms with Crippen molar-refractivity contribution in [2.24, 2.45) is 5.41 Å². The standard InChI is InChI=1S/C14H18N2O3/c1-18-13(17)12-3-2-11(8-15-12)16-6-4-14(5-7-16)9-19-10-14/h2-3,8H,4-7,9-10H2,1H3. The molecule has 0 radical (unpaired) electrons. The van der Waals surface area contributed by atoms with Gasteiger partial charge >= 0.3 is 5.97 Å². The van der Waals surface area contributed by atoms with Crippen LogP contribution in [0.5, 0.6) is 0 Å². The average Bonchev–Trinajstić information content (AvgIpc) is 2.45. The second kappa shape index (κ2) is 4.81. The molecule has 3 heterocycles. The SMILES string of the molecule is COC(=O)c1ccc(N2CCC3(CC2)COC3)cn1. The van der Waals surface area contributed by atoms with Gasteiger partial charge in [-0.2, -0.15) is 0 Å². The molecule has 0 amide bonds. The molecule has 0 N–H and O–H groups in total. The van der Waals surface area contributed by atoms with Crippen LogP contribution in [0.4, 0.5) is 5.69 Å². The fraction of sp³-hybridized carbons (Fsp3) is 0.571. The predicted octanol–water partition coefficient (Wildman–Crippen LogP) is 1.48. The lowest BCUT2D eigenvalue weighted by Gasteiger charge is -2.47. The summed E-state index contributed by atoms with van der Waals surface area (Å²) >= 11 is 0. The first-order valence-corrected chi connectivity index (χ1v) is 6.60. The van der Waals surface area contributed by atoms with Crippen molar-refractivity contribution in [3.8, 4) is 0 Å². The molecule has 2 aliphatic heterocycles. The first-order valence-electron chi connectivity index (χ1n) is 6.60.